The number of ketones is 1. The molecule has 2 heterocycles. The normalized spacial score (nSPS) is 17.2. The molecular formula is C27H24N2O4. The van der Waals surface area contributed by atoms with Crippen LogP contribution in [-0.4, -0.2) is 39.8 Å². The molecule has 6 heteroatoms. The summed E-state index contributed by atoms with van der Waals surface area (Å²) >= 11 is 0. The maximum absolute atomic E-state index is 13.1. The number of hydrogen-bond donors (Lipinski definition) is 1. The van der Waals surface area contributed by atoms with Gasteiger partial charge < -0.3 is 14.7 Å². The van der Waals surface area contributed by atoms with Crippen LogP contribution in [0.3, 0.4) is 0 Å². The van der Waals surface area contributed by atoms with Crippen LogP contribution in [0.2, 0.25) is 0 Å². The average Bonchev–Trinajstić information content (AvgIpc) is 3.12. The molecule has 1 aromatic heterocycles. The lowest BCUT2D eigenvalue weighted by atomic mass is 9.95. The number of likely N-dealkylation sites (tertiary alicyclic amines) is 1. The van der Waals surface area contributed by atoms with E-state index in [1.54, 1.807) is 30.3 Å². The second-order valence-corrected chi connectivity index (χ2v) is 7.63. The minimum atomic E-state index is -0.713. The van der Waals surface area contributed by atoms with Gasteiger partial charge in [0.25, 0.3) is 11.7 Å². The van der Waals surface area contributed by atoms with Crippen LogP contribution in [0.15, 0.2) is 97.4 Å². The van der Waals surface area contributed by atoms with Crippen molar-refractivity contribution in [2.75, 3.05) is 13.2 Å². The molecule has 1 amide bonds. The fourth-order valence-electron chi connectivity index (χ4n) is 3.92. The van der Waals surface area contributed by atoms with Gasteiger partial charge in [-0.15, -0.1) is 0 Å². The SMILES string of the molecule is C=CCOc1ccc(C2/C(=C(\O)c3ccncc3)C(=O)C(=O)N2CCc2ccccc2)cc1. The molecule has 1 unspecified atom stereocenters. The lowest BCUT2D eigenvalue weighted by Crippen LogP contribution is -2.31. The van der Waals surface area contributed by atoms with Crippen molar-refractivity contribution in [2.24, 2.45) is 0 Å². The van der Waals surface area contributed by atoms with Gasteiger partial charge in [-0.25, -0.2) is 0 Å². The van der Waals surface area contributed by atoms with Crippen molar-refractivity contribution in [3.8, 4) is 5.75 Å². The smallest absolute Gasteiger partial charge is 0.295 e. The van der Waals surface area contributed by atoms with Crippen LogP contribution < -0.4 is 4.74 Å². The van der Waals surface area contributed by atoms with E-state index in [4.69, 9.17) is 4.74 Å². The van der Waals surface area contributed by atoms with Crippen molar-refractivity contribution < 1.29 is 19.4 Å². The first kappa shape index (κ1) is 22.0. The summed E-state index contributed by atoms with van der Waals surface area (Å²) in [6, 6.07) is 19.4. The first-order valence-corrected chi connectivity index (χ1v) is 10.7. The van der Waals surface area contributed by atoms with Crippen LogP contribution in [0.4, 0.5) is 0 Å². The Morgan fingerprint density at radius 2 is 1.73 bits per heavy atom. The van der Waals surface area contributed by atoms with E-state index in [0.29, 0.717) is 36.4 Å². The molecule has 0 spiro atoms. The Morgan fingerprint density at radius 3 is 2.39 bits per heavy atom. The molecular weight excluding hydrogens is 416 g/mol. The highest BCUT2D eigenvalue weighted by atomic mass is 16.5. The third-order valence-corrected chi connectivity index (χ3v) is 5.54. The quantitative estimate of drug-likeness (QED) is 0.244. The molecule has 3 aromatic rings. The number of carbonyl (C=O) groups is 2. The fourth-order valence-corrected chi connectivity index (χ4v) is 3.92. The van der Waals surface area contributed by atoms with Gasteiger partial charge in [0, 0.05) is 24.5 Å². The molecule has 6 nitrogen and oxygen atoms in total. The highest BCUT2D eigenvalue weighted by molar-refractivity contribution is 6.46. The topological polar surface area (TPSA) is 79.7 Å². The van der Waals surface area contributed by atoms with Crippen molar-refractivity contribution >= 4 is 17.4 Å². The zero-order valence-electron chi connectivity index (χ0n) is 18.1. The molecule has 4 rings (SSSR count). The van der Waals surface area contributed by atoms with Gasteiger partial charge in [-0.2, -0.15) is 0 Å². The molecule has 1 atom stereocenters. The largest absolute Gasteiger partial charge is 0.507 e. The number of aromatic nitrogens is 1. The molecule has 1 fully saturated rings. The summed E-state index contributed by atoms with van der Waals surface area (Å²) in [5.74, 6) is -0.892. The van der Waals surface area contributed by atoms with Crippen molar-refractivity contribution in [3.63, 3.8) is 0 Å². The van der Waals surface area contributed by atoms with Crippen molar-refractivity contribution in [2.45, 2.75) is 12.5 Å². The van der Waals surface area contributed by atoms with Crippen LogP contribution in [0.5, 0.6) is 5.75 Å². The molecule has 0 radical (unpaired) electrons. The number of amides is 1. The van der Waals surface area contributed by atoms with E-state index in [9.17, 15) is 14.7 Å². The van der Waals surface area contributed by atoms with E-state index >= 15 is 0 Å². The lowest BCUT2D eigenvalue weighted by Gasteiger charge is -2.25. The number of nitrogens with zero attached hydrogens (tertiary/aromatic N) is 2. The van der Waals surface area contributed by atoms with Crippen molar-refractivity contribution in [3.05, 3.63) is 114 Å². The van der Waals surface area contributed by atoms with Gasteiger partial charge in [-0.3, -0.25) is 14.6 Å². The zero-order valence-corrected chi connectivity index (χ0v) is 18.1. The third-order valence-electron chi connectivity index (χ3n) is 5.54. The van der Waals surface area contributed by atoms with Gasteiger partial charge in [0.2, 0.25) is 0 Å². The molecule has 1 aliphatic rings. The predicted octanol–water partition coefficient (Wildman–Crippen LogP) is 4.31. The number of aliphatic hydroxyl groups is 1. The molecule has 0 saturated carbocycles. The maximum Gasteiger partial charge on any atom is 0.295 e. The number of carbonyl (C=O) groups excluding carboxylic acids is 2. The van der Waals surface area contributed by atoms with Crippen LogP contribution in [0.25, 0.3) is 5.76 Å². The summed E-state index contributed by atoms with van der Waals surface area (Å²) in [6.07, 6.45) is 5.30. The second kappa shape index (κ2) is 9.96. The van der Waals surface area contributed by atoms with Gasteiger partial charge in [-0.05, 0) is 41.8 Å². The monoisotopic (exact) mass is 440 g/mol. The van der Waals surface area contributed by atoms with Crippen LogP contribution in [-0.2, 0) is 16.0 Å². The fraction of sp³-hybridized carbons (Fsp3) is 0.148. The Labute approximate surface area is 192 Å². The summed E-state index contributed by atoms with van der Waals surface area (Å²) in [4.78, 5) is 31.6. The number of ether oxygens (including phenoxy) is 1. The highest BCUT2D eigenvalue weighted by Gasteiger charge is 2.45. The van der Waals surface area contributed by atoms with Gasteiger partial charge in [0.15, 0.2) is 0 Å². The van der Waals surface area contributed by atoms with Crippen LogP contribution >= 0.6 is 0 Å². The molecule has 2 aromatic carbocycles. The first-order chi connectivity index (χ1) is 16.1. The number of pyridine rings is 1. The van der Waals surface area contributed by atoms with Gasteiger partial charge in [0.05, 0.1) is 11.6 Å². The van der Waals surface area contributed by atoms with E-state index in [1.807, 2.05) is 42.5 Å². The van der Waals surface area contributed by atoms with Crippen LogP contribution in [0.1, 0.15) is 22.7 Å². The molecule has 33 heavy (non-hydrogen) atoms. The number of benzene rings is 2. The number of hydrogen-bond acceptors (Lipinski definition) is 5. The van der Waals surface area contributed by atoms with Crippen LogP contribution in [0, 0.1) is 0 Å². The molecule has 1 N–H and O–H groups in total. The van der Waals surface area contributed by atoms with Gasteiger partial charge in [0.1, 0.15) is 18.1 Å². The van der Waals surface area contributed by atoms with E-state index < -0.39 is 17.7 Å². The maximum atomic E-state index is 13.1. The molecule has 1 aliphatic heterocycles. The lowest BCUT2D eigenvalue weighted by molar-refractivity contribution is -0.139. The summed E-state index contributed by atoms with van der Waals surface area (Å²) in [6.45, 7) is 4.35. The summed E-state index contributed by atoms with van der Waals surface area (Å²) in [7, 11) is 0. The predicted molar refractivity (Wildman–Crippen MR) is 126 cm³/mol. The molecule has 166 valence electrons. The molecule has 0 aliphatic carbocycles. The van der Waals surface area contributed by atoms with Crippen molar-refractivity contribution in [1.29, 1.82) is 0 Å². The minimum absolute atomic E-state index is 0.0685. The van der Waals surface area contributed by atoms with Gasteiger partial charge >= 0.3 is 0 Å². The van der Waals surface area contributed by atoms with Gasteiger partial charge in [-0.1, -0.05) is 55.1 Å². The Hall–Kier alpha value is -4.19. The van der Waals surface area contributed by atoms with E-state index in [2.05, 4.69) is 11.6 Å². The Morgan fingerprint density at radius 1 is 1.03 bits per heavy atom. The Bertz CT molecular complexity index is 1170. The van der Waals surface area contributed by atoms with E-state index in [-0.39, 0.29) is 11.3 Å². The highest BCUT2D eigenvalue weighted by Crippen LogP contribution is 2.39. The standard InChI is InChI=1S/C27H24N2O4/c1-2-18-33-22-10-8-20(9-11-22)24-23(25(30)21-12-15-28-16-13-21)26(31)27(32)29(24)17-14-19-6-4-3-5-7-19/h2-13,15-16,24,30H,1,14,17-18H2/b25-23+. The zero-order chi connectivity index (χ0) is 23.2. The molecule has 1 saturated heterocycles. The average molecular weight is 440 g/mol. The number of aliphatic hydroxyl groups excluding tert-OH is 1. The van der Waals surface area contributed by atoms with E-state index in [1.165, 1.54) is 17.3 Å². The first-order valence-electron chi connectivity index (χ1n) is 10.7. The van der Waals surface area contributed by atoms with Crippen molar-refractivity contribution in [1.82, 2.24) is 9.88 Å². The number of Topliss-reactive ketones (excluding diaryl/α,β-unsaturated/α-hetero) is 1. The minimum Gasteiger partial charge on any atom is -0.507 e. The summed E-state index contributed by atoms with van der Waals surface area (Å²) in [5.41, 5.74) is 2.27. The molecule has 0 bridgehead atoms. The summed E-state index contributed by atoms with van der Waals surface area (Å²) < 4.78 is 5.56. The summed E-state index contributed by atoms with van der Waals surface area (Å²) in [5, 5.41) is 11.0. The Kier molecular flexibility index (Phi) is 6.64. The number of rotatable bonds is 8. The Balaban J connectivity index is 1.74. The van der Waals surface area contributed by atoms with E-state index in [0.717, 1.165) is 5.56 Å². The third kappa shape index (κ3) is 4.70. The second-order valence-electron chi connectivity index (χ2n) is 7.63.